The number of amides is 1. The van der Waals surface area contributed by atoms with Gasteiger partial charge in [-0.05, 0) is 24.1 Å². The number of aromatic nitrogens is 2. The Kier molecular flexibility index (Phi) is 6.89. The van der Waals surface area contributed by atoms with Crippen LogP contribution >= 0.6 is 34.9 Å². The summed E-state index contributed by atoms with van der Waals surface area (Å²) in [5, 5.41) is 19.8. The summed E-state index contributed by atoms with van der Waals surface area (Å²) in [6.45, 7) is 4.32. The Morgan fingerprint density at radius 3 is 2.78 bits per heavy atom. The van der Waals surface area contributed by atoms with Crippen LogP contribution < -0.4 is 5.32 Å². The predicted molar refractivity (Wildman–Crippen MR) is 96.0 cm³/mol. The smallest absolute Gasteiger partial charge is 0.234 e. The van der Waals surface area contributed by atoms with Crippen molar-refractivity contribution < 1.29 is 4.79 Å². The van der Waals surface area contributed by atoms with Crippen LogP contribution in [0.4, 0.5) is 5.69 Å². The SMILES string of the molecule is CC(C)CSc1nnc(SCC(=O)Nc2cccc(C#N)c2)s1. The molecule has 120 valence electrons. The number of anilines is 1. The number of nitriles is 1. The van der Waals surface area contributed by atoms with Gasteiger partial charge in [-0.1, -0.05) is 54.8 Å². The number of benzene rings is 1. The largest absolute Gasteiger partial charge is 0.325 e. The van der Waals surface area contributed by atoms with Crippen LogP contribution in [0.15, 0.2) is 32.9 Å². The van der Waals surface area contributed by atoms with Gasteiger partial charge in [-0.15, -0.1) is 10.2 Å². The molecule has 1 aromatic carbocycles. The van der Waals surface area contributed by atoms with Gasteiger partial charge in [-0.25, -0.2) is 0 Å². The van der Waals surface area contributed by atoms with Gasteiger partial charge >= 0.3 is 0 Å². The van der Waals surface area contributed by atoms with Crippen LogP contribution in [0.3, 0.4) is 0 Å². The maximum absolute atomic E-state index is 11.9. The van der Waals surface area contributed by atoms with Crippen molar-refractivity contribution in [1.82, 2.24) is 10.2 Å². The van der Waals surface area contributed by atoms with Gasteiger partial charge in [0.1, 0.15) is 0 Å². The summed E-state index contributed by atoms with van der Waals surface area (Å²) in [6, 6.07) is 8.89. The molecule has 23 heavy (non-hydrogen) atoms. The maximum Gasteiger partial charge on any atom is 0.234 e. The van der Waals surface area contributed by atoms with Crippen LogP contribution in [0.2, 0.25) is 0 Å². The minimum absolute atomic E-state index is 0.128. The number of hydrogen-bond acceptors (Lipinski definition) is 7. The summed E-state index contributed by atoms with van der Waals surface area (Å²) >= 11 is 4.57. The third-order valence-electron chi connectivity index (χ3n) is 2.53. The molecule has 5 nitrogen and oxygen atoms in total. The molecule has 1 N–H and O–H groups in total. The van der Waals surface area contributed by atoms with Crippen LogP contribution in [0.25, 0.3) is 0 Å². The average Bonchev–Trinajstić information content (AvgIpc) is 2.99. The van der Waals surface area contributed by atoms with Crippen LogP contribution in [0, 0.1) is 17.2 Å². The highest BCUT2D eigenvalue weighted by Gasteiger charge is 2.09. The minimum Gasteiger partial charge on any atom is -0.325 e. The lowest BCUT2D eigenvalue weighted by Crippen LogP contribution is -2.13. The monoisotopic (exact) mass is 364 g/mol. The molecule has 1 aromatic heterocycles. The standard InChI is InChI=1S/C15H16N4OS3/c1-10(2)8-21-14-18-19-15(23-14)22-9-13(20)17-12-5-3-4-11(6-12)7-16/h3-6,10H,8-9H2,1-2H3,(H,17,20). The van der Waals surface area contributed by atoms with E-state index in [0.29, 0.717) is 17.2 Å². The fourth-order valence-electron chi connectivity index (χ4n) is 1.54. The van der Waals surface area contributed by atoms with Gasteiger partial charge in [-0.2, -0.15) is 5.26 Å². The first-order valence-electron chi connectivity index (χ1n) is 6.96. The van der Waals surface area contributed by atoms with Crippen molar-refractivity contribution in [3.05, 3.63) is 29.8 Å². The van der Waals surface area contributed by atoms with E-state index in [1.54, 1.807) is 36.0 Å². The van der Waals surface area contributed by atoms with Crippen LogP contribution in [-0.4, -0.2) is 27.6 Å². The Bertz CT molecular complexity index is 709. The number of hydrogen-bond donors (Lipinski definition) is 1. The number of carbonyl (C=O) groups is 1. The van der Waals surface area contributed by atoms with Crippen molar-refractivity contribution in [3.8, 4) is 6.07 Å². The van der Waals surface area contributed by atoms with Gasteiger partial charge in [-0.3, -0.25) is 4.79 Å². The molecule has 0 fully saturated rings. The number of nitrogens with one attached hydrogen (secondary N) is 1. The van der Waals surface area contributed by atoms with E-state index < -0.39 is 0 Å². The second-order valence-corrected chi connectivity index (χ2v) is 8.54. The average molecular weight is 365 g/mol. The van der Waals surface area contributed by atoms with Gasteiger partial charge in [0.05, 0.1) is 17.4 Å². The molecule has 0 atom stereocenters. The summed E-state index contributed by atoms with van der Waals surface area (Å²) in [7, 11) is 0. The molecule has 0 aliphatic rings. The first-order valence-corrected chi connectivity index (χ1v) is 9.74. The summed E-state index contributed by atoms with van der Waals surface area (Å²) in [6.07, 6.45) is 0. The van der Waals surface area contributed by atoms with Crippen LogP contribution in [0.1, 0.15) is 19.4 Å². The Labute approximate surface area is 147 Å². The molecule has 2 aromatic rings. The summed E-state index contributed by atoms with van der Waals surface area (Å²) in [5.74, 6) is 1.75. The van der Waals surface area contributed by atoms with Crippen molar-refractivity contribution in [2.24, 2.45) is 5.92 Å². The fourth-order valence-corrected chi connectivity index (χ4v) is 4.34. The molecule has 0 saturated carbocycles. The molecular formula is C15H16N4OS3. The van der Waals surface area contributed by atoms with Crippen LogP contribution in [0.5, 0.6) is 0 Å². The van der Waals surface area contributed by atoms with E-state index in [2.05, 4.69) is 29.4 Å². The van der Waals surface area contributed by atoms with E-state index in [9.17, 15) is 4.79 Å². The molecule has 8 heteroatoms. The van der Waals surface area contributed by atoms with Gasteiger partial charge in [0.25, 0.3) is 0 Å². The Morgan fingerprint density at radius 2 is 2.09 bits per heavy atom. The zero-order valence-corrected chi connectivity index (χ0v) is 15.2. The van der Waals surface area contributed by atoms with Crippen molar-refractivity contribution in [2.45, 2.75) is 22.5 Å². The molecular weight excluding hydrogens is 348 g/mol. The second-order valence-electron chi connectivity index (χ2n) is 5.07. The number of nitrogens with zero attached hydrogens (tertiary/aromatic N) is 3. The Morgan fingerprint density at radius 1 is 1.35 bits per heavy atom. The molecule has 0 saturated heterocycles. The minimum atomic E-state index is -0.128. The first kappa shape index (κ1) is 17.8. The van der Waals surface area contributed by atoms with Gasteiger partial charge in [0.15, 0.2) is 8.68 Å². The molecule has 0 bridgehead atoms. The van der Waals surface area contributed by atoms with E-state index in [-0.39, 0.29) is 11.7 Å². The molecule has 0 spiro atoms. The van der Waals surface area contributed by atoms with E-state index in [1.807, 2.05) is 6.07 Å². The molecule has 0 unspecified atom stereocenters. The van der Waals surface area contributed by atoms with E-state index >= 15 is 0 Å². The lowest BCUT2D eigenvalue weighted by molar-refractivity contribution is -0.113. The van der Waals surface area contributed by atoms with Crippen molar-refractivity contribution >= 4 is 46.5 Å². The second kappa shape index (κ2) is 8.91. The molecule has 1 amide bonds. The van der Waals surface area contributed by atoms with E-state index in [0.717, 1.165) is 14.4 Å². The maximum atomic E-state index is 11.9. The molecule has 2 rings (SSSR count). The highest BCUT2D eigenvalue weighted by atomic mass is 32.2. The molecule has 1 heterocycles. The number of carbonyl (C=O) groups excluding carboxylic acids is 1. The highest BCUT2D eigenvalue weighted by Crippen LogP contribution is 2.29. The Hall–Kier alpha value is -1.56. The lowest BCUT2D eigenvalue weighted by Gasteiger charge is -2.04. The van der Waals surface area contributed by atoms with E-state index in [1.165, 1.54) is 23.1 Å². The Balaban J connectivity index is 1.81. The van der Waals surface area contributed by atoms with Crippen LogP contribution in [-0.2, 0) is 4.79 Å². The zero-order valence-electron chi connectivity index (χ0n) is 12.8. The first-order chi connectivity index (χ1) is 11.1. The summed E-state index contributed by atoms with van der Waals surface area (Å²) < 4.78 is 1.72. The summed E-state index contributed by atoms with van der Waals surface area (Å²) in [5.41, 5.74) is 1.14. The van der Waals surface area contributed by atoms with Gasteiger partial charge < -0.3 is 5.32 Å². The highest BCUT2D eigenvalue weighted by molar-refractivity contribution is 8.03. The third kappa shape index (κ3) is 6.22. The fraction of sp³-hybridized carbons (Fsp3) is 0.333. The van der Waals surface area contributed by atoms with Gasteiger partial charge in [0, 0.05) is 11.4 Å². The third-order valence-corrected chi connectivity index (χ3v) is 6.15. The molecule has 0 aliphatic carbocycles. The molecule has 0 aliphatic heterocycles. The zero-order chi connectivity index (χ0) is 16.7. The van der Waals surface area contributed by atoms with E-state index in [4.69, 9.17) is 5.26 Å². The summed E-state index contributed by atoms with van der Waals surface area (Å²) in [4.78, 5) is 11.9. The lowest BCUT2D eigenvalue weighted by atomic mass is 10.2. The van der Waals surface area contributed by atoms with Crippen molar-refractivity contribution in [2.75, 3.05) is 16.8 Å². The van der Waals surface area contributed by atoms with Gasteiger partial charge in [0.2, 0.25) is 5.91 Å². The normalized spacial score (nSPS) is 10.5. The van der Waals surface area contributed by atoms with Crippen molar-refractivity contribution in [3.63, 3.8) is 0 Å². The topological polar surface area (TPSA) is 78.7 Å². The number of thioether (sulfide) groups is 2. The predicted octanol–water partition coefficient (Wildman–Crippen LogP) is 3.89. The van der Waals surface area contributed by atoms with Crippen molar-refractivity contribution in [1.29, 1.82) is 5.26 Å². The quantitative estimate of drug-likeness (QED) is 0.751. The molecule has 0 radical (unpaired) electrons. The number of rotatable bonds is 7.